The van der Waals surface area contributed by atoms with Crippen LogP contribution in [0.5, 0.6) is 0 Å². The van der Waals surface area contributed by atoms with E-state index in [-0.39, 0.29) is 12.2 Å². The number of fused-ring (bicyclic) bond motifs is 2. The van der Waals surface area contributed by atoms with E-state index in [2.05, 4.69) is 33.5 Å². The maximum Gasteiger partial charge on any atom is 0.137 e. The lowest BCUT2D eigenvalue weighted by atomic mass is 9.96. The number of epoxide rings is 1. The van der Waals surface area contributed by atoms with Crippen LogP contribution in [0.1, 0.15) is 18.6 Å². The van der Waals surface area contributed by atoms with Gasteiger partial charge in [-0.1, -0.05) is 52.3 Å². The molecule has 0 bridgehead atoms. The largest absolute Gasteiger partial charge is 0.371 e. The Balaban J connectivity index is 1.96. The molecule has 2 aliphatic rings. The van der Waals surface area contributed by atoms with Gasteiger partial charge in [0, 0.05) is 29.0 Å². The van der Waals surface area contributed by atoms with Crippen LogP contribution < -0.4 is 4.90 Å². The van der Waals surface area contributed by atoms with Gasteiger partial charge in [0.15, 0.2) is 0 Å². The van der Waals surface area contributed by atoms with Crippen LogP contribution >= 0.6 is 27.5 Å². The Kier molecular flexibility index (Phi) is 5.61. The second-order valence-electron chi connectivity index (χ2n) is 7.03. The molecule has 6 heteroatoms. The van der Waals surface area contributed by atoms with Crippen molar-refractivity contribution in [3.63, 3.8) is 0 Å². The number of pyridine rings is 1. The standard InChI is InChI=1S/C22H22BrClN2O2/c1-4-6-16-13(5-2)10-26(3)22-19(21(16)28-12-15-11-27-15)20(24)17-9-14(23)7-8-18(17)25-22/h4-9,15,21H,2,10-12H2,1,3H3/b6-4-. The molecule has 146 valence electrons. The molecule has 2 unspecified atom stereocenters. The Morgan fingerprint density at radius 1 is 1.46 bits per heavy atom. The van der Waals surface area contributed by atoms with Crippen LogP contribution in [0.2, 0.25) is 5.02 Å². The quantitative estimate of drug-likeness (QED) is 0.542. The Labute approximate surface area is 178 Å². The van der Waals surface area contributed by atoms with Gasteiger partial charge in [0.2, 0.25) is 0 Å². The lowest BCUT2D eigenvalue weighted by Gasteiger charge is -2.24. The van der Waals surface area contributed by atoms with Crippen molar-refractivity contribution in [2.24, 2.45) is 0 Å². The Morgan fingerprint density at radius 3 is 2.93 bits per heavy atom. The molecule has 0 aliphatic carbocycles. The number of hydrogen-bond donors (Lipinski definition) is 0. The molecule has 1 aromatic carbocycles. The van der Waals surface area contributed by atoms with Gasteiger partial charge in [-0.3, -0.25) is 0 Å². The van der Waals surface area contributed by atoms with Gasteiger partial charge < -0.3 is 14.4 Å². The number of allylic oxidation sites excluding steroid dienone is 1. The average Bonchev–Trinajstić information content (AvgIpc) is 3.51. The molecule has 0 saturated carbocycles. The van der Waals surface area contributed by atoms with Crippen LogP contribution in [0, 0.1) is 0 Å². The maximum atomic E-state index is 6.98. The number of halogens is 2. The Morgan fingerprint density at radius 2 is 2.25 bits per heavy atom. The van der Waals surface area contributed by atoms with Crippen molar-refractivity contribution in [1.82, 2.24) is 4.98 Å². The predicted molar refractivity (Wildman–Crippen MR) is 118 cm³/mol. The Bertz CT molecular complexity index is 998. The highest BCUT2D eigenvalue weighted by molar-refractivity contribution is 9.10. The van der Waals surface area contributed by atoms with E-state index in [9.17, 15) is 0 Å². The van der Waals surface area contributed by atoms with E-state index in [1.807, 2.05) is 44.3 Å². The third kappa shape index (κ3) is 3.64. The Hall–Kier alpha value is -1.66. The van der Waals surface area contributed by atoms with Gasteiger partial charge in [0.05, 0.1) is 23.8 Å². The SMILES string of the molecule is C=CC1=C(/C=C\C)C(OCC2CO2)c2c(nc3ccc(Br)cc3c2Cl)N(C)C1. The van der Waals surface area contributed by atoms with Crippen molar-refractivity contribution >= 4 is 44.3 Å². The lowest BCUT2D eigenvalue weighted by Crippen LogP contribution is -2.21. The second-order valence-corrected chi connectivity index (χ2v) is 8.33. The van der Waals surface area contributed by atoms with E-state index in [1.165, 1.54) is 0 Å². The molecule has 2 atom stereocenters. The highest BCUT2D eigenvalue weighted by Gasteiger charge is 2.33. The molecule has 2 aliphatic heterocycles. The summed E-state index contributed by atoms with van der Waals surface area (Å²) in [5.74, 6) is 0.834. The van der Waals surface area contributed by atoms with Crippen LogP contribution in [0.4, 0.5) is 5.82 Å². The number of anilines is 1. The summed E-state index contributed by atoms with van der Waals surface area (Å²) in [5.41, 5.74) is 3.90. The van der Waals surface area contributed by atoms with Crippen molar-refractivity contribution in [2.75, 3.05) is 31.7 Å². The van der Waals surface area contributed by atoms with Gasteiger partial charge in [0.25, 0.3) is 0 Å². The van der Waals surface area contributed by atoms with Gasteiger partial charge in [-0.15, -0.1) is 0 Å². The maximum absolute atomic E-state index is 6.98. The molecule has 4 nitrogen and oxygen atoms in total. The highest BCUT2D eigenvalue weighted by atomic mass is 79.9. The fraction of sp³-hybridized carbons (Fsp3) is 0.318. The molecule has 0 amide bonds. The van der Waals surface area contributed by atoms with E-state index in [1.54, 1.807) is 0 Å². The van der Waals surface area contributed by atoms with Gasteiger partial charge in [-0.05, 0) is 36.3 Å². The molecule has 4 rings (SSSR count). The molecule has 28 heavy (non-hydrogen) atoms. The summed E-state index contributed by atoms with van der Waals surface area (Å²) in [6.45, 7) is 7.98. The summed E-state index contributed by atoms with van der Waals surface area (Å²) in [5, 5.41) is 1.57. The third-order valence-electron chi connectivity index (χ3n) is 5.03. The summed E-state index contributed by atoms with van der Waals surface area (Å²) in [6.07, 6.45) is 5.82. The first kappa shape index (κ1) is 19.6. The number of likely N-dealkylation sites (N-methyl/N-ethyl adjacent to an activating group) is 1. The number of hydrogen-bond acceptors (Lipinski definition) is 4. The number of ether oxygens (including phenoxy) is 2. The number of rotatable bonds is 5. The summed E-state index contributed by atoms with van der Waals surface area (Å²) >= 11 is 10.5. The predicted octanol–water partition coefficient (Wildman–Crippen LogP) is 5.62. The van der Waals surface area contributed by atoms with E-state index in [4.69, 9.17) is 26.1 Å². The minimum absolute atomic E-state index is 0.157. The zero-order chi connectivity index (χ0) is 19.8. The van der Waals surface area contributed by atoms with Gasteiger partial charge in [-0.2, -0.15) is 0 Å². The smallest absolute Gasteiger partial charge is 0.137 e. The molecule has 0 N–H and O–H groups in total. The van der Waals surface area contributed by atoms with E-state index < -0.39 is 0 Å². The van der Waals surface area contributed by atoms with Crippen molar-refractivity contribution in [1.29, 1.82) is 0 Å². The number of nitrogens with zero attached hydrogens (tertiary/aromatic N) is 2. The topological polar surface area (TPSA) is 37.9 Å². The molecule has 1 fully saturated rings. The first-order valence-corrected chi connectivity index (χ1v) is 10.4. The fourth-order valence-corrected chi connectivity index (χ4v) is 4.26. The first-order chi connectivity index (χ1) is 13.5. The van der Waals surface area contributed by atoms with Gasteiger partial charge in [0.1, 0.15) is 18.0 Å². The van der Waals surface area contributed by atoms with Crippen molar-refractivity contribution in [2.45, 2.75) is 19.1 Å². The molecule has 3 heterocycles. The lowest BCUT2D eigenvalue weighted by molar-refractivity contribution is 0.0670. The van der Waals surface area contributed by atoms with E-state index in [0.29, 0.717) is 18.2 Å². The summed E-state index contributed by atoms with van der Waals surface area (Å²) < 4.78 is 12.7. The number of aromatic nitrogens is 1. The van der Waals surface area contributed by atoms with Crippen molar-refractivity contribution in [3.05, 3.63) is 69.2 Å². The monoisotopic (exact) mass is 460 g/mol. The second kappa shape index (κ2) is 7.99. The zero-order valence-corrected chi connectivity index (χ0v) is 18.3. The first-order valence-electron chi connectivity index (χ1n) is 9.24. The van der Waals surface area contributed by atoms with Crippen molar-refractivity contribution in [3.8, 4) is 0 Å². The molecular formula is C22H22BrClN2O2. The van der Waals surface area contributed by atoms with Crippen LogP contribution in [-0.4, -0.2) is 37.9 Å². The summed E-state index contributed by atoms with van der Waals surface area (Å²) in [4.78, 5) is 7.05. The van der Waals surface area contributed by atoms with Crippen LogP contribution in [0.15, 0.2) is 58.6 Å². The molecule has 1 saturated heterocycles. The van der Waals surface area contributed by atoms with Gasteiger partial charge >= 0.3 is 0 Å². The number of benzene rings is 1. The molecule has 1 aromatic heterocycles. The minimum Gasteiger partial charge on any atom is -0.371 e. The zero-order valence-electron chi connectivity index (χ0n) is 15.9. The van der Waals surface area contributed by atoms with Crippen LogP contribution in [0.25, 0.3) is 10.9 Å². The molecule has 2 aromatic rings. The summed E-state index contributed by atoms with van der Waals surface area (Å²) in [6, 6.07) is 5.96. The summed E-state index contributed by atoms with van der Waals surface area (Å²) in [7, 11) is 2.02. The van der Waals surface area contributed by atoms with E-state index in [0.717, 1.165) is 44.5 Å². The van der Waals surface area contributed by atoms with E-state index >= 15 is 0 Å². The average molecular weight is 462 g/mol. The van der Waals surface area contributed by atoms with Crippen LogP contribution in [0.3, 0.4) is 0 Å². The fourth-order valence-electron chi connectivity index (χ4n) is 3.57. The highest BCUT2D eigenvalue weighted by Crippen LogP contribution is 2.45. The molecule has 0 radical (unpaired) electrons. The van der Waals surface area contributed by atoms with Gasteiger partial charge in [-0.25, -0.2) is 4.98 Å². The molecular weight excluding hydrogens is 440 g/mol. The molecule has 0 spiro atoms. The normalized spacial score (nSPS) is 21.9. The van der Waals surface area contributed by atoms with Crippen LogP contribution in [-0.2, 0) is 9.47 Å². The van der Waals surface area contributed by atoms with Crippen molar-refractivity contribution < 1.29 is 9.47 Å². The third-order valence-corrected chi connectivity index (χ3v) is 5.93. The minimum atomic E-state index is -0.336.